The fourth-order valence-corrected chi connectivity index (χ4v) is 3.12. The molecule has 0 saturated heterocycles. The molecule has 0 bridgehead atoms. The smallest absolute Gasteiger partial charge is 0.137 e. The second kappa shape index (κ2) is 5.47. The molecule has 0 aromatic carbocycles. The van der Waals surface area contributed by atoms with Gasteiger partial charge in [-0.3, -0.25) is 4.68 Å². The van der Waals surface area contributed by atoms with Gasteiger partial charge in [-0.25, -0.2) is 9.97 Å². The zero-order chi connectivity index (χ0) is 15.0. The quantitative estimate of drug-likeness (QED) is 0.940. The van der Waals surface area contributed by atoms with Crippen LogP contribution in [0.25, 0.3) is 0 Å². The van der Waals surface area contributed by atoms with E-state index < -0.39 is 0 Å². The van der Waals surface area contributed by atoms with E-state index in [1.54, 1.807) is 0 Å². The van der Waals surface area contributed by atoms with Crippen molar-refractivity contribution >= 4 is 11.5 Å². The molecule has 2 heterocycles. The van der Waals surface area contributed by atoms with Crippen molar-refractivity contribution in [3.05, 3.63) is 28.5 Å². The third-order valence-corrected chi connectivity index (χ3v) is 4.22. The van der Waals surface area contributed by atoms with E-state index in [1.165, 1.54) is 24.1 Å². The summed E-state index contributed by atoms with van der Waals surface area (Å²) in [7, 11) is 0. The Hall–Kier alpha value is -1.91. The van der Waals surface area contributed by atoms with E-state index in [0.717, 1.165) is 48.1 Å². The van der Waals surface area contributed by atoms with Crippen LogP contribution in [-0.2, 0) is 19.4 Å². The van der Waals surface area contributed by atoms with Crippen LogP contribution in [0.15, 0.2) is 0 Å². The van der Waals surface area contributed by atoms with Crippen molar-refractivity contribution in [3.8, 4) is 0 Å². The van der Waals surface area contributed by atoms with Gasteiger partial charge in [0.1, 0.15) is 11.6 Å². The number of hydrogen-bond acceptors (Lipinski definition) is 4. The van der Waals surface area contributed by atoms with Gasteiger partial charge in [0.15, 0.2) is 0 Å². The van der Waals surface area contributed by atoms with E-state index in [1.807, 2.05) is 18.5 Å². The Bertz CT molecular complexity index is 672. The molecule has 0 spiro atoms. The molecule has 2 aromatic rings. The van der Waals surface area contributed by atoms with Crippen molar-refractivity contribution in [2.75, 3.05) is 5.32 Å². The number of aryl methyl sites for hydroxylation is 4. The summed E-state index contributed by atoms with van der Waals surface area (Å²) in [4.78, 5) is 9.25. The van der Waals surface area contributed by atoms with E-state index in [-0.39, 0.29) is 0 Å². The third kappa shape index (κ3) is 2.52. The molecule has 112 valence electrons. The van der Waals surface area contributed by atoms with E-state index >= 15 is 0 Å². The number of nitrogens with one attached hydrogen (secondary N) is 1. The maximum Gasteiger partial charge on any atom is 0.137 e. The summed E-state index contributed by atoms with van der Waals surface area (Å²) in [5, 5.41) is 8.10. The average molecular weight is 285 g/mol. The minimum absolute atomic E-state index is 0.844. The normalized spacial score (nSPS) is 14.1. The fraction of sp³-hybridized carbons (Fsp3) is 0.562. The first-order valence-electron chi connectivity index (χ1n) is 7.77. The maximum absolute atomic E-state index is 4.64. The van der Waals surface area contributed by atoms with E-state index in [0.29, 0.717) is 0 Å². The molecular formula is C16H23N5. The van der Waals surface area contributed by atoms with E-state index in [9.17, 15) is 0 Å². The zero-order valence-electron chi connectivity index (χ0n) is 13.3. The molecule has 0 unspecified atom stereocenters. The van der Waals surface area contributed by atoms with Gasteiger partial charge in [-0.1, -0.05) is 0 Å². The van der Waals surface area contributed by atoms with Gasteiger partial charge in [0, 0.05) is 17.8 Å². The first kappa shape index (κ1) is 14.0. The van der Waals surface area contributed by atoms with Gasteiger partial charge < -0.3 is 5.32 Å². The largest absolute Gasteiger partial charge is 0.337 e. The lowest BCUT2D eigenvalue weighted by atomic mass is 9.96. The van der Waals surface area contributed by atoms with Gasteiger partial charge in [0.2, 0.25) is 0 Å². The fourth-order valence-electron chi connectivity index (χ4n) is 3.12. The van der Waals surface area contributed by atoms with Gasteiger partial charge in [0.05, 0.1) is 17.1 Å². The summed E-state index contributed by atoms with van der Waals surface area (Å²) < 4.78 is 2.03. The molecule has 5 heteroatoms. The Morgan fingerprint density at radius 1 is 1.10 bits per heavy atom. The number of fused-ring (bicyclic) bond motifs is 1. The molecule has 1 N–H and O–H groups in total. The lowest BCUT2D eigenvalue weighted by molar-refractivity contribution is 0.634. The number of rotatable bonds is 3. The van der Waals surface area contributed by atoms with Crippen molar-refractivity contribution in [1.82, 2.24) is 19.7 Å². The Kier molecular flexibility index (Phi) is 3.66. The van der Waals surface area contributed by atoms with Crippen LogP contribution < -0.4 is 5.32 Å². The Labute approximate surface area is 125 Å². The van der Waals surface area contributed by atoms with Crippen molar-refractivity contribution in [2.45, 2.75) is 59.9 Å². The molecule has 1 aliphatic carbocycles. The molecule has 0 aliphatic heterocycles. The summed E-state index contributed by atoms with van der Waals surface area (Å²) in [5.74, 6) is 1.82. The number of aromatic nitrogens is 4. The second-order valence-electron chi connectivity index (χ2n) is 5.74. The third-order valence-electron chi connectivity index (χ3n) is 4.22. The van der Waals surface area contributed by atoms with Crippen LogP contribution in [0.5, 0.6) is 0 Å². The van der Waals surface area contributed by atoms with Crippen LogP contribution >= 0.6 is 0 Å². The van der Waals surface area contributed by atoms with Crippen LogP contribution in [-0.4, -0.2) is 19.7 Å². The predicted molar refractivity (Wildman–Crippen MR) is 84.1 cm³/mol. The summed E-state index contributed by atoms with van der Waals surface area (Å²) in [6.07, 6.45) is 4.59. The highest BCUT2D eigenvalue weighted by Gasteiger charge is 2.19. The van der Waals surface area contributed by atoms with Crippen molar-refractivity contribution < 1.29 is 0 Å². The summed E-state index contributed by atoms with van der Waals surface area (Å²) in [6.45, 7) is 9.11. The van der Waals surface area contributed by atoms with Crippen molar-refractivity contribution in [1.29, 1.82) is 0 Å². The standard InChI is InChI=1S/C16H23N5/c1-5-21-11(3)15(10(2)20-21)19-16-13-8-6-7-9-14(13)17-12(4)18-16/h5-9H2,1-4H3,(H,17,18,19). The Morgan fingerprint density at radius 3 is 2.57 bits per heavy atom. The SMILES string of the molecule is CCn1nc(C)c(Nc2nc(C)nc3c2CCCC3)c1C. The number of anilines is 2. The van der Waals surface area contributed by atoms with Crippen LogP contribution in [0, 0.1) is 20.8 Å². The summed E-state index contributed by atoms with van der Waals surface area (Å²) in [6, 6.07) is 0. The van der Waals surface area contributed by atoms with Gasteiger partial charge in [0.25, 0.3) is 0 Å². The van der Waals surface area contributed by atoms with Crippen molar-refractivity contribution in [2.24, 2.45) is 0 Å². The highest BCUT2D eigenvalue weighted by Crippen LogP contribution is 2.30. The van der Waals surface area contributed by atoms with Gasteiger partial charge in [-0.05, 0) is 53.4 Å². The van der Waals surface area contributed by atoms with Gasteiger partial charge in [-0.15, -0.1) is 0 Å². The minimum atomic E-state index is 0.844. The van der Waals surface area contributed by atoms with Crippen LogP contribution in [0.2, 0.25) is 0 Å². The average Bonchev–Trinajstić information content (AvgIpc) is 2.74. The van der Waals surface area contributed by atoms with Crippen molar-refractivity contribution in [3.63, 3.8) is 0 Å². The molecule has 0 amide bonds. The van der Waals surface area contributed by atoms with Crippen LogP contribution in [0.4, 0.5) is 11.5 Å². The van der Waals surface area contributed by atoms with Gasteiger partial charge >= 0.3 is 0 Å². The highest BCUT2D eigenvalue weighted by molar-refractivity contribution is 5.64. The lowest BCUT2D eigenvalue weighted by Crippen LogP contribution is -2.12. The number of hydrogen-bond donors (Lipinski definition) is 1. The van der Waals surface area contributed by atoms with E-state index in [2.05, 4.69) is 34.2 Å². The van der Waals surface area contributed by atoms with E-state index in [4.69, 9.17) is 0 Å². The number of nitrogens with zero attached hydrogens (tertiary/aromatic N) is 4. The van der Waals surface area contributed by atoms with Crippen LogP contribution in [0.1, 0.15) is 48.2 Å². The molecule has 0 saturated carbocycles. The highest BCUT2D eigenvalue weighted by atomic mass is 15.3. The molecule has 0 fully saturated rings. The zero-order valence-corrected chi connectivity index (χ0v) is 13.3. The molecular weight excluding hydrogens is 262 g/mol. The first-order chi connectivity index (χ1) is 10.1. The topological polar surface area (TPSA) is 55.6 Å². The molecule has 5 nitrogen and oxygen atoms in total. The lowest BCUT2D eigenvalue weighted by Gasteiger charge is -2.19. The molecule has 21 heavy (non-hydrogen) atoms. The maximum atomic E-state index is 4.64. The molecule has 0 radical (unpaired) electrons. The first-order valence-corrected chi connectivity index (χ1v) is 7.77. The summed E-state index contributed by atoms with van der Waals surface area (Å²) in [5.41, 5.74) is 5.78. The molecule has 3 rings (SSSR count). The molecule has 2 aromatic heterocycles. The van der Waals surface area contributed by atoms with Crippen LogP contribution in [0.3, 0.4) is 0 Å². The molecule has 1 aliphatic rings. The molecule has 0 atom stereocenters. The second-order valence-corrected chi connectivity index (χ2v) is 5.74. The summed E-state index contributed by atoms with van der Waals surface area (Å²) >= 11 is 0. The minimum Gasteiger partial charge on any atom is -0.337 e. The van der Waals surface area contributed by atoms with Gasteiger partial charge in [-0.2, -0.15) is 5.10 Å². The monoisotopic (exact) mass is 285 g/mol. The predicted octanol–water partition coefficient (Wildman–Crippen LogP) is 3.24. The Morgan fingerprint density at radius 2 is 1.86 bits per heavy atom. The Balaban J connectivity index is 2.02.